The van der Waals surface area contributed by atoms with Crippen LogP contribution in [0, 0.1) is 0 Å². The van der Waals surface area contributed by atoms with Gasteiger partial charge in [0, 0.05) is 6.42 Å². The first-order valence-corrected chi connectivity index (χ1v) is 7.44. The molecule has 24 heavy (non-hydrogen) atoms. The van der Waals surface area contributed by atoms with Crippen LogP contribution in [0.25, 0.3) is 0 Å². The lowest BCUT2D eigenvalue weighted by atomic mass is 10.1. The molecular weight excluding hydrogens is 320 g/mol. The summed E-state index contributed by atoms with van der Waals surface area (Å²) in [4.78, 5) is 46.5. The second kappa shape index (κ2) is 9.74. The van der Waals surface area contributed by atoms with Crippen LogP contribution in [0.15, 0.2) is 0 Å². The van der Waals surface area contributed by atoms with Gasteiger partial charge in [-0.25, -0.2) is 14.4 Å². The van der Waals surface area contributed by atoms with Crippen LogP contribution in [0.3, 0.4) is 0 Å². The van der Waals surface area contributed by atoms with Crippen LogP contribution in [0.2, 0.25) is 0 Å². The van der Waals surface area contributed by atoms with Crippen molar-refractivity contribution in [1.29, 1.82) is 0 Å². The Balaban J connectivity index is 4.59. The first-order chi connectivity index (χ1) is 11.0. The molecule has 0 aliphatic heterocycles. The van der Waals surface area contributed by atoms with Gasteiger partial charge in [0.15, 0.2) is 0 Å². The van der Waals surface area contributed by atoms with Crippen molar-refractivity contribution in [2.45, 2.75) is 58.2 Å². The number of carbonyl (C=O) groups is 4. The van der Waals surface area contributed by atoms with Gasteiger partial charge in [-0.2, -0.15) is 0 Å². The Morgan fingerprint density at radius 2 is 1.50 bits per heavy atom. The highest BCUT2D eigenvalue weighted by molar-refractivity contribution is 5.85. The Labute approximate surface area is 141 Å². The summed E-state index contributed by atoms with van der Waals surface area (Å²) in [5, 5.41) is 4.78. The zero-order chi connectivity index (χ0) is 18.9. The van der Waals surface area contributed by atoms with Crippen LogP contribution in [0.4, 0.5) is 4.79 Å². The molecule has 0 saturated carbocycles. The molecular formula is C15H26N2O7. The predicted octanol–water partition coefficient (Wildman–Crippen LogP) is 0.511. The zero-order valence-electron chi connectivity index (χ0n) is 14.9. The fourth-order valence-electron chi connectivity index (χ4n) is 1.67. The third kappa shape index (κ3) is 8.96. The molecule has 2 N–H and O–H groups in total. The monoisotopic (exact) mass is 346 g/mol. The number of ether oxygens (including phenoxy) is 3. The van der Waals surface area contributed by atoms with Crippen molar-refractivity contribution in [2.24, 2.45) is 0 Å². The molecule has 9 nitrogen and oxygen atoms in total. The number of hydrogen-bond acceptors (Lipinski definition) is 7. The van der Waals surface area contributed by atoms with E-state index < -0.39 is 41.6 Å². The van der Waals surface area contributed by atoms with E-state index in [4.69, 9.17) is 4.74 Å². The maximum atomic E-state index is 11.8. The number of carbonyl (C=O) groups excluding carboxylic acids is 4. The van der Waals surface area contributed by atoms with Gasteiger partial charge in [0.1, 0.15) is 17.7 Å². The van der Waals surface area contributed by atoms with Gasteiger partial charge in [0.25, 0.3) is 0 Å². The van der Waals surface area contributed by atoms with E-state index in [9.17, 15) is 19.2 Å². The van der Waals surface area contributed by atoms with Crippen molar-refractivity contribution in [2.75, 3.05) is 14.2 Å². The molecule has 0 fully saturated rings. The molecule has 0 aliphatic rings. The van der Waals surface area contributed by atoms with Gasteiger partial charge < -0.3 is 24.8 Å². The number of esters is 2. The minimum absolute atomic E-state index is 0.00829. The van der Waals surface area contributed by atoms with Crippen LogP contribution in [0.1, 0.15) is 40.5 Å². The van der Waals surface area contributed by atoms with E-state index >= 15 is 0 Å². The molecule has 0 bridgehead atoms. The van der Waals surface area contributed by atoms with Crippen molar-refractivity contribution in [3.05, 3.63) is 0 Å². The highest BCUT2D eigenvalue weighted by Gasteiger charge is 2.26. The standard InChI is InChI=1S/C15H26N2O7/c1-9(12(19)22-5)16-11(18)8-7-10(13(20)23-6)17-14(21)24-15(2,3)4/h9-10H,7-8H2,1-6H3,(H,16,18)(H,17,21)/t9-,10+/m0/s1. The van der Waals surface area contributed by atoms with Crippen LogP contribution in [-0.4, -0.2) is 55.8 Å². The lowest BCUT2D eigenvalue weighted by molar-refractivity contribution is -0.145. The average molecular weight is 346 g/mol. The molecule has 138 valence electrons. The average Bonchev–Trinajstić information content (AvgIpc) is 2.47. The van der Waals surface area contributed by atoms with Crippen LogP contribution in [-0.2, 0) is 28.6 Å². The second-order valence-electron chi connectivity index (χ2n) is 6.07. The van der Waals surface area contributed by atoms with Crippen molar-refractivity contribution < 1.29 is 33.4 Å². The van der Waals surface area contributed by atoms with Gasteiger partial charge >= 0.3 is 18.0 Å². The third-order valence-electron chi connectivity index (χ3n) is 2.77. The summed E-state index contributed by atoms with van der Waals surface area (Å²) >= 11 is 0. The minimum Gasteiger partial charge on any atom is -0.467 e. The molecule has 2 atom stereocenters. The number of amides is 2. The minimum atomic E-state index is -1.04. The molecule has 0 aromatic heterocycles. The second-order valence-corrected chi connectivity index (χ2v) is 6.07. The van der Waals surface area contributed by atoms with Gasteiger partial charge in [-0.1, -0.05) is 0 Å². The topological polar surface area (TPSA) is 120 Å². The van der Waals surface area contributed by atoms with E-state index in [-0.39, 0.29) is 12.8 Å². The summed E-state index contributed by atoms with van der Waals surface area (Å²) in [5.74, 6) is -1.75. The Hall–Kier alpha value is -2.32. The van der Waals surface area contributed by atoms with Gasteiger partial charge in [-0.15, -0.1) is 0 Å². The van der Waals surface area contributed by atoms with E-state index in [1.165, 1.54) is 21.1 Å². The number of rotatable bonds is 7. The summed E-state index contributed by atoms with van der Waals surface area (Å²) in [7, 11) is 2.38. The normalized spacial score (nSPS) is 13.2. The lowest BCUT2D eigenvalue weighted by Gasteiger charge is -2.22. The molecule has 0 rings (SSSR count). The Bertz CT molecular complexity index is 471. The summed E-state index contributed by atoms with van der Waals surface area (Å²) in [6, 6.07) is -1.85. The Kier molecular flexibility index (Phi) is 8.80. The van der Waals surface area contributed by atoms with Crippen molar-refractivity contribution in [3.63, 3.8) is 0 Å². The molecule has 0 aliphatic carbocycles. The number of alkyl carbamates (subject to hydrolysis) is 1. The molecule has 0 unspecified atom stereocenters. The van der Waals surface area contributed by atoms with E-state index in [2.05, 4.69) is 20.1 Å². The molecule has 0 heterocycles. The molecule has 0 saturated heterocycles. The van der Waals surface area contributed by atoms with E-state index in [0.717, 1.165) is 0 Å². The van der Waals surface area contributed by atoms with E-state index in [0.29, 0.717) is 0 Å². The zero-order valence-corrected chi connectivity index (χ0v) is 14.9. The molecule has 0 radical (unpaired) electrons. The third-order valence-corrected chi connectivity index (χ3v) is 2.77. The maximum absolute atomic E-state index is 11.8. The van der Waals surface area contributed by atoms with Crippen LogP contribution < -0.4 is 10.6 Å². The first kappa shape index (κ1) is 21.7. The van der Waals surface area contributed by atoms with Crippen molar-refractivity contribution >= 4 is 23.9 Å². The number of nitrogens with one attached hydrogen (secondary N) is 2. The van der Waals surface area contributed by atoms with Crippen LogP contribution in [0.5, 0.6) is 0 Å². The van der Waals surface area contributed by atoms with Gasteiger partial charge in [-0.05, 0) is 34.1 Å². The smallest absolute Gasteiger partial charge is 0.408 e. The summed E-state index contributed by atoms with van der Waals surface area (Å²) in [6.07, 6.45) is -0.899. The lowest BCUT2D eigenvalue weighted by Crippen LogP contribution is -2.45. The summed E-state index contributed by atoms with van der Waals surface area (Å²) < 4.78 is 14.1. The van der Waals surface area contributed by atoms with Crippen molar-refractivity contribution in [3.8, 4) is 0 Å². The molecule has 9 heteroatoms. The predicted molar refractivity (Wildman–Crippen MR) is 84.0 cm³/mol. The quantitative estimate of drug-likeness (QED) is 0.509. The van der Waals surface area contributed by atoms with Gasteiger partial charge in [-0.3, -0.25) is 4.79 Å². The number of methoxy groups -OCH3 is 2. The SMILES string of the molecule is COC(=O)[C@H](C)NC(=O)CC[C@@H](NC(=O)OC(C)(C)C)C(=O)OC. The van der Waals surface area contributed by atoms with E-state index in [1.54, 1.807) is 20.8 Å². The maximum Gasteiger partial charge on any atom is 0.408 e. The molecule has 0 spiro atoms. The highest BCUT2D eigenvalue weighted by atomic mass is 16.6. The summed E-state index contributed by atoms with van der Waals surface area (Å²) in [6.45, 7) is 6.52. The molecule has 0 aromatic rings. The Morgan fingerprint density at radius 1 is 0.958 bits per heavy atom. The Morgan fingerprint density at radius 3 is 1.96 bits per heavy atom. The van der Waals surface area contributed by atoms with Gasteiger partial charge in [0.05, 0.1) is 14.2 Å². The van der Waals surface area contributed by atoms with Crippen LogP contribution >= 0.6 is 0 Å². The largest absolute Gasteiger partial charge is 0.467 e. The molecule has 0 aromatic carbocycles. The first-order valence-electron chi connectivity index (χ1n) is 7.44. The number of hydrogen-bond donors (Lipinski definition) is 2. The fraction of sp³-hybridized carbons (Fsp3) is 0.733. The molecule has 2 amide bonds. The summed E-state index contributed by atoms with van der Waals surface area (Å²) in [5.41, 5.74) is -0.724. The van der Waals surface area contributed by atoms with E-state index in [1.807, 2.05) is 0 Å². The fourth-order valence-corrected chi connectivity index (χ4v) is 1.67. The van der Waals surface area contributed by atoms with Gasteiger partial charge in [0.2, 0.25) is 5.91 Å². The van der Waals surface area contributed by atoms with Crippen molar-refractivity contribution in [1.82, 2.24) is 10.6 Å². The highest BCUT2D eigenvalue weighted by Crippen LogP contribution is 2.08.